The molecule has 0 bridgehead atoms. The first kappa shape index (κ1) is 19.1. The molecule has 1 aromatic heterocycles. The molecule has 2 N–H and O–H groups in total. The van der Waals surface area contributed by atoms with Crippen LogP contribution in [0, 0.1) is 0 Å². The minimum absolute atomic E-state index is 0.135. The summed E-state index contributed by atoms with van der Waals surface area (Å²) in [7, 11) is 0. The van der Waals surface area contributed by atoms with Crippen LogP contribution in [-0.2, 0) is 20.8 Å². The van der Waals surface area contributed by atoms with E-state index in [1.54, 1.807) is 4.90 Å². The van der Waals surface area contributed by atoms with E-state index in [-0.39, 0.29) is 30.2 Å². The number of carbonyl (C=O) groups excluding carboxylic acids is 3. The van der Waals surface area contributed by atoms with Crippen molar-refractivity contribution < 1.29 is 14.4 Å². The molecule has 27 heavy (non-hydrogen) atoms. The number of nitrogens with zero attached hydrogens (tertiary/aromatic N) is 1. The summed E-state index contributed by atoms with van der Waals surface area (Å²) in [4.78, 5) is 38.7. The molecule has 0 radical (unpaired) electrons. The second-order valence-corrected chi connectivity index (χ2v) is 7.48. The van der Waals surface area contributed by atoms with E-state index in [0.717, 1.165) is 16.1 Å². The molecule has 7 heteroatoms. The van der Waals surface area contributed by atoms with Crippen LogP contribution < -0.4 is 15.5 Å². The van der Waals surface area contributed by atoms with E-state index in [0.29, 0.717) is 25.1 Å². The van der Waals surface area contributed by atoms with E-state index in [1.807, 2.05) is 42.6 Å². The average Bonchev–Trinajstić information content (AvgIpc) is 3.15. The highest BCUT2D eigenvalue weighted by atomic mass is 32.1. The molecule has 0 spiro atoms. The van der Waals surface area contributed by atoms with Crippen LogP contribution in [0.3, 0.4) is 0 Å². The van der Waals surface area contributed by atoms with Crippen molar-refractivity contribution in [2.45, 2.75) is 39.2 Å². The number of hydrogen-bond donors (Lipinski definition) is 2. The molecule has 1 aromatic carbocycles. The Morgan fingerprint density at radius 2 is 2.07 bits per heavy atom. The van der Waals surface area contributed by atoms with Gasteiger partial charge in [-0.2, -0.15) is 0 Å². The van der Waals surface area contributed by atoms with E-state index in [1.165, 1.54) is 18.3 Å². The lowest BCUT2D eigenvalue weighted by atomic mass is 10.0. The molecule has 1 atom stereocenters. The van der Waals surface area contributed by atoms with Gasteiger partial charge in [-0.15, -0.1) is 11.3 Å². The molecule has 1 aliphatic rings. The van der Waals surface area contributed by atoms with Crippen LogP contribution in [0.1, 0.15) is 43.2 Å². The highest BCUT2D eigenvalue weighted by Gasteiger charge is 2.23. The van der Waals surface area contributed by atoms with Crippen LogP contribution in [0.5, 0.6) is 0 Å². The lowest BCUT2D eigenvalue weighted by Gasteiger charge is -2.28. The van der Waals surface area contributed by atoms with E-state index in [4.69, 9.17) is 0 Å². The maximum atomic E-state index is 12.5. The summed E-state index contributed by atoms with van der Waals surface area (Å²) in [5.41, 5.74) is 2.68. The number of amides is 3. The van der Waals surface area contributed by atoms with Gasteiger partial charge < -0.3 is 15.5 Å². The van der Waals surface area contributed by atoms with Crippen LogP contribution in [0.25, 0.3) is 0 Å². The average molecular weight is 385 g/mol. The van der Waals surface area contributed by atoms with E-state index in [9.17, 15) is 14.4 Å². The topological polar surface area (TPSA) is 78.5 Å². The lowest BCUT2D eigenvalue weighted by molar-refractivity contribution is -0.121. The van der Waals surface area contributed by atoms with Gasteiger partial charge in [-0.3, -0.25) is 14.4 Å². The summed E-state index contributed by atoms with van der Waals surface area (Å²) in [6, 6.07) is 9.10. The first-order valence-corrected chi connectivity index (χ1v) is 9.89. The van der Waals surface area contributed by atoms with Gasteiger partial charge in [0.25, 0.3) is 0 Å². The number of nitrogens with one attached hydrogen (secondary N) is 2. The second-order valence-electron chi connectivity index (χ2n) is 6.50. The Hall–Kier alpha value is -2.67. The molecule has 1 unspecified atom stereocenters. The van der Waals surface area contributed by atoms with Crippen molar-refractivity contribution in [3.63, 3.8) is 0 Å². The van der Waals surface area contributed by atoms with E-state index < -0.39 is 0 Å². The third-order valence-corrected chi connectivity index (χ3v) is 5.52. The number of thiophene rings is 1. The van der Waals surface area contributed by atoms with Crippen molar-refractivity contribution in [1.29, 1.82) is 0 Å². The molecule has 0 saturated heterocycles. The first-order chi connectivity index (χ1) is 13.0. The Kier molecular flexibility index (Phi) is 5.91. The molecule has 0 saturated carbocycles. The van der Waals surface area contributed by atoms with Crippen LogP contribution in [0.2, 0.25) is 0 Å². The van der Waals surface area contributed by atoms with Crippen LogP contribution in [0.15, 0.2) is 35.7 Å². The Morgan fingerprint density at radius 3 is 2.74 bits per heavy atom. The van der Waals surface area contributed by atoms with Crippen molar-refractivity contribution in [3.8, 4) is 0 Å². The normalized spacial score (nSPS) is 14.4. The standard InChI is InChI=1S/C20H23N3O3S/c1-3-23-17-8-7-15(11-14(17)6-9-20(23)26)22-19(25)12-16(21-13(2)24)18-5-4-10-27-18/h4-5,7-8,10-11,16H,3,6,9,12H2,1-2H3,(H,21,24)(H,22,25). The molecule has 142 valence electrons. The highest BCUT2D eigenvalue weighted by molar-refractivity contribution is 7.10. The number of carbonyl (C=O) groups is 3. The molecule has 2 aromatic rings. The SMILES string of the molecule is CCN1C(=O)CCc2cc(NC(=O)CC(NC(C)=O)c3cccs3)ccc21. The predicted octanol–water partition coefficient (Wildman–Crippen LogP) is 3.25. The third kappa shape index (κ3) is 4.54. The Balaban J connectivity index is 1.70. The zero-order chi connectivity index (χ0) is 19.4. The Bertz CT molecular complexity index is 848. The third-order valence-electron chi connectivity index (χ3n) is 4.53. The molecule has 3 rings (SSSR count). The van der Waals surface area contributed by atoms with Gasteiger partial charge in [-0.1, -0.05) is 6.07 Å². The number of rotatable bonds is 6. The van der Waals surface area contributed by atoms with Crippen LogP contribution in [-0.4, -0.2) is 24.3 Å². The van der Waals surface area contributed by atoms with E-state index >= 15 is 0 Å². The smallest absolute Gasteiger partial charge is 0.227 e. The number of aryl methyl sites for hydroxylation is 1. The first-order valence-electron chi connectivity index (χ1n) is 9.01. The van der Waals surface area contributed by atoms with Crippen molar-refractivity contribution in [2.24, 2.45) is 0 Å². The molecule has 1 aliphatic heterocycles. The zero-order valence-electron chi connectivity index (χ0n) is 15.5. The van der Waals surface area contributed by atoms with Crippen molar-refractivity contribution in [1.82, 2.24) is 5.32 Å². The van der Waals surface area contributed by atoms with Crippen molar-refractivity contribution >= 4 is 40.4 Å². The number of anilines is 2. The predicted molar refractivity (Wildman–Crippen MR) is 107 cm³/mol. The monoisotopic (exact) mass is 385 g/mol. The van der Waals surface area contributed by atoms with Gasteiger partial charge in [-0.25, -0.2) is 0 Å². The summed E-state index contributed by atoms with van der Waals surface area (Å²) in [6.07, 6.45) is 1.33. The summed E-state index contributed by atoms with van der Waals surface area (Å²) < 4.78 is 0. The van der Waals surface area contributed by atoms with Gasteiger partial charge in [0.05, 0.1) is 12.5 Å². The van der Waals surface area contributed by atoms with Crippen molar-refractivity contribution in [2.75, 3.05) is 16.8 Å². The van der Waals surface area contributed by atoms with Gasteiger partial charge >= 0.3 is 0 Å². The quantitative estimate of drug-likeness (QED) is 0.801. The summed E-state index contributed by atoms with van der Waals surface area (Å²) in [5.74, 6) is -0.198. The molecule has 2 heterocycles. The number of benzene rings is 1. The maximum Gasteiger partial charge on any atom is 0.227 e. The molecular formula is C20H23N3O3S. The summed E-state index contributed by atoms with van der Waals surface area (Å²) in [6.45, 7) is 4.04. The number of hydrogen-bond acceptors (Lipinski definition) is 4. The van der Waals surface area contributed by atoms with Gasteiger partial charge in [-0.05, 0) is 48.6 Å². The minimum atomic E-state index is -0.340. The molecule has 3 amide bonds. The minimum Gasteiger partial charge on any atom is -0.348 e. The van der Waals surface area contributed by atoms with Gasteiger partial charge in [0, 0.05) is 36.1 Å². The Morgan fingerprint density at radius 1 is 1.26 bits per heavy atom. The van der Waals surface area contributed by atoms with Gasteiger partial charge in [0.2, 0.25) is 17.7 Å². The summed E-state index contributed by atoms with van der Waals surface area (Å²) >= 11 is 1.51. The Labute approximate surface area is 162 Å². The fourth-order valence-electron chi connectivity index (χ4n) is 3.34. The summed E-state index contributed by atoms with van der Waals surface area (Å²) in [5, 5.41) is 7.67. The molecule has 0 fully saturated rings. The van der Waals surface area contributed by atoms with E-state index in [2.05, 4.69) is 10.6 Å². The molecule has 6 nitrogen and oxygen atoms in total. The largest absolute Gasteiger partial charge is 0.348 e. The van der Waals surface area contributed by atoms with Crippen LogP contribution >= 0.6 is 11.3 Å². The molecule has 0 aliphatic carbocycles. The highest BCUT2D eigenvalue weighted by Crippen LogP contribution is 2.30. The fraction of sp³-hybridized carbons (Fsp3) is 0.350. The van der Waals surface area contributed by atoms with Gasteiger partial charge in [0.1, 0.15) is 0 Å². The zero-order valence-corrected chi connectivity index (χ0v) is 16.3. The van der Waals surface area contributed by atoms with Gasteiger partial charge in [0.15, 0.2) is 0 Å². The van der Waals surface area contributed by atoms with Crippen LogP contribution in [0.4, 0.5) is 11.4 Å². The number of fused-ring (bicyclic) bond motifs is 1. The lowest BCUT2D eigenvalue weighted by Crippen LogP contribution is -2.34. The van der Waals surface area contributed by atoms with Crippen molar-refractivity contribution in [3.05, 3.63) is 46.2 Å². The molecular weight excluding hydrogens is 362 g/mol. The maximum absolute atomic E-state index is 12.5. The fourth-order valence-corrected chi connectivity index (χ4v) is 4.12. The second kappa shape index (κ2) is 8.35.